The summed E-state index contributed by atoms with van der Waals surface area (Å²) in [4.78, 5) is 52.5. The number of carboxylic acids is 1. The van der Waals surface area contributed by atoms with Crippen molar-refractivity contribution < 1.29 is 41.6 Å². The molecule has 0 saturated carbocycles. The van der Waals surface area contributed by atoms with Gasteiger partial charge in [-0.05, 0) is 60.9 Å². The van der Waals surface area contributed by atoms with Crippen molar-refractivity contribution in [1.82, 2.24) is 20.1 Å². The number of hydrogen-bond acceptors (Lipinski definition) is 11. The topological polar surface area (TPSA) is 182 Å². The van der Waals surface area contributed by atoms with Crippen LogP contribution in [0.1, 0.15) is 34.2 Å². The molecule has 4 heterocycles. The molecule has 0 radical (unpaired) electrons. The van der Waals surface area contributed by atoms with E-state index < -0.39 is 33.9 Å². The molecule has 3 aliphatic heterocycles. The third kappa shape index (κ3) is 9.42. The number of aliphatic carboxylic acids is 1. The van der Waals surface area contributed by atoms with E-state index in [0.29, 0.717) is 61.2 Å². The maximum absolute atomic E-state index is 14.0. The zero-order chi connectivity index (χ0) is 40.1. The van der Waals surface area contributed by atoms with E-state index in [1.165, 1.54) is 48.8 Å². The molecule has 2 fully saturated rings. The van der Waals surface area contributed by atoms with Crippen LogP contribution in [0.25, 0.3) is 0 Å². The summed E-state index contributed by atoms with van der Waals surface area (Å²) in [6.45, 7) is 4.22. The van der Waals surface area contributed by atoms with Gasteiger partial charge in [0.1, 0.15) is 5.82 Å². The van der Waals surface area contributed by atoms with Crippen molar-refractivity contribution in [2.75, 3.05) is 44.7 Å². The van der Waals surface area contributed by atoms with E-state index in [0.717, 1.165) is 16.8 Å². The summed E-state index contributed by atoms with van der Waals surface area (Å²) in [6, 6.07) is 16.5. The van der Waals surface area contributed by atoms with Crippen molar-refractivity contribution in [2.45, 2.75) is 36.7 Å². The SMILES string of the molecule is COC(=O)C1=C(CN2CCN3C(=O)N(c4ccc(CCC(=O)O)cc4)C[C@@H]3C2)N=C(c2nccs2)N[C@H]1c1ccc(F)cc1Cl.Cc1ccc(S(=O)(=O)O)cc1. The number of piperazine rings is 1. The fourth-order valence-corrected chi connectivity index (χ4v) is 7.98. The number of esters is 1. The number of methoxy groups -OCH3 is 1. The number of hydrogen-bond donors (Lipinski definition) is 3. The lowest BCUT2D eigenvalue weighted by Gasteiger charge is -2.37. The number of anilines is 1. The largest absolute Gasteiger partial charge is 0.481 e. The number of aromatic nitrogens is 1. The summed E-state index contributed by atoms with van der Waals surface area (Å²) in [5, 5.41) is 14.8. The van der Waals surface area contributed by atoms with Gasteiger partial charge in [-0.2, -0.15) is 8.42 Å². The van der Waals surface area contributed by atoms with E-state index in [9.17, 15) is 27.2 Å². The van der Waals surface area contributed by atoms with Gasteiger partial charge in [0.2, 0.25) is 0 Å². The maximum atomic E-state index is 14.0. The van der Waals surface area contributed by atoms with Crippen LogP contribution in [-0.4, -0.2) is 103 Å². The van der Waals surface area contributed by atoms with Crippen LogP contribution >= 0.6 is 22.9 Å². The molecule has 3 aliphatic rings. The van der Waals surface area contributed by atoms with Crippen LogP contribution in [0.5, 0.6) is 0 Å². The van der Waals surface area contributed by atoms with E-state index in [1.54, 1.807) is 23.2 Å². The molecule has 3 N–H and O–H groups in total. The van der Waals surface area contributed by atoms with E-state index in [2.05, 4.69) is 15.2 Å². The number of halogens is 2. The normalized spacial score (nSPS) is 18.4. The lowest BCUT2D eigenvalue weighted by Crippen LogP contribution is -2.52. The van der Waals surface area contributed by atoms with Gasteiger partial charge < -0.3 is 20.1 Å². The Morgan fingerprint density at radius 1 is 1.07 bits per heavy atom. The average molecular weight is 825 g/mol. The number of fused-ring (bicyclic) bond motifs is 1. The van der Waals surface area contributed by atoms with Crippen LogP contribution in [0.15, 0.2) is 99.5 Å². The molecule has 0 bridgehead atoms. The third-order valence-electron chi connectivity index (χ3n) is 9.45. The van der Waals surface area contributed by atoms with Crippen molar-refractivity contribution in [3.8, 4) is 0 Å². The maximum Gasteiger partial charge on any atom is 0.338 e. The number of amidine groups is 1. The highest BCUT2D eigenvalue weighted by molar-refractivity contribution is 7.85. The predicted octanol–water partition coefficient (Wildman–Crippen LogP) is 5.34. The molecule has 56 heavy (non-hydrogen) atoms. The number of aryl methyl sites for hydroxylation is 2. The van der Waals surface area contributed by atoms with Gasteiger partial charge in [0.15, 0.2) is 10.8 Å². The minimum atomic E-state index is -4.02. The highest BCUT2D eigenvalue weighted by Gasteiger charge is 2.42. The highest BCUT2D eigenvalue weighted by atomic mass is 35.5. The summed E-state index contributed by atoms with van der Waals surface area (Å²) >= 11 is 7.87. The smallest absolute Gasteiger partial charge is 0.338 e. The zero-order valence-corrected chi connectivity index (χ0v) is 32.7. The molecule has 7 rings (SSSR count). The van der Waals surface area contributed by atoms with E-state index >= 15 is 0 Å². The molecule has 0 spiro atoms. The zero-order valence-electron chi connectivity index (χ0n) is 30.3. The fraction of sp³-hybridized carbons (Fsp3) is 0.289. The van der Waals surface area contributed by atoms with Crippen LogP contribution < -0.4 is 10.2 Å². The Bertz CT molecular complexity index is 2270. The van der Waals surface area contributed by atoms with E-state index in [1.807, 2.05) is 41.5 Å². The molecular weight excluding hydrogens is 787 g/mol. The van der Waals surface area contributed by atoms with Crippen molar-refractivity contribution in [1.29, 1.82) is 0 Å². The quantitative estimate of drug-likeness (QED) is 0.139. The van der Waals surface area contributed by atoms with Crippen molar-refractivity contribution >= 4 is 62.5 Å². The molecule has 18 heteroatoms. The first kappa shape index (κ1) is 40.5. The van der Waals surface area contributed by atoms with E-state index in [4.69, 9.17) is 31.0 Å². The minimum Gasteiger partial charge on any atom is -0.481 e. The molecule has 0 unspecified atom stereocenters. The Morgan fingerprint density at radius 2 is 1.80 bits per heavy atom. The number of nitrogens with one attached hydrogen (secondary N) is 1. The summed E-state index contributed by atoms with van der Waals surface area (Å²) in [5.41, 5.74) is 3.84. The summed E-state index contributed by atoms with van der Waals surface area (Å²) in [5.74, 6) is -1.47. The molecule has 0 aliphatic carbocycles. The Morgan fingerprint density at radius 3 is 2.43 bits per heavy atom. The number of nitrogens with zero attached hydrogens (tertiary/aromatic N) is 5. The predicted molar refractivity (Wildman–Crippen MR) is 208 cm³/mol. The molecule has 4 aromatic rings. The first-order valence-electron chi connectivity index (χ1n) is 17.4. The number of amides is 2. The highest BCUT2D eigenvalue weighted by Crippen LogP contribution is 2.36. The first-order valence-corrected chi connectivity index (χ1v) is 20.1. The standard InChI is InChI=1S/C31H30ClFN6O5S.C7H8O3S/c1-44-30(42)26-24(35-28(29-34-10-13-45-29)36-27(26)22-8-5-19(33)14-23(22)32)17-37-11-12-38-21(15-37)16-39(31(38)43)20-6-2-18(3-7-20)4-9-25(40)41;1-6-2-4-7(5-3-6)11(8,9)10/h2-3,5-8,10,13-14,21,27H,4,9,11-12,15-17H2,1H3,(H,35,36)(H,40,41);2-5H,1H3,(H,8,9,10)/t21-,27-;/m0./s1. The number of ether oxygens (including phenoxy) is 1. The lowest BCUT2D eigenvalue weighted by molar-refractivity contribution is -0.137. The van der Waals surface area contributed by atoms with Gasteiger partial charge in [0, 0.05) is 61.4 Å². The van der Waals surface area contributed by atoms with Crippen LogP contribution in [0.3, 0.4) is 0 Å². The summed E-state index contributed by atoms with van der Waals surface area (Å²) in [6.07, 6.45) is 2.13. The number of thiazole rings is 1. The molecule has 3 aromatic carbocycles. The van der Waals surface area contributed by atoms with Gasteiger partial charge in [-0.15, -0.1) is 11.3 Å². The Kier molecular flexibility index (Phi) is 12.5. The number of urea groups is 1. The third-order valence-corrected chi connectivity index (χ3v) is 11.4. The molecule has 2 atom stereocenters. The molecule has 294 valence electrons. The van der Waals surface area contributed by atoms with Gasteiger partial charge in [0.25, 0.3) is 10.1 Å². The number of rotatable bonds is 10. The number of carboxylic acid groups (broad SMARTS) is 1. The summed E-state index contributed by atoms with van der Waals surface area (Å²) < 4.78 is 48.7. The molecule has 2 saturated heterocycles. The number of aliphatic imine (C=N–C) groups is 1. The summed E-state index contributed by atoms with van der Waals surface area (Å²) in [7, 11) is -2.72. The van der Waals surface area contributed by atoms with Gasteiger partial charge >= 0.3 is 18.0 Å². The average Bonchev–Trinajstić information content (AvgIpc) is 3.82. The monoisotopic (exact) mass is 824 g/mol. The molecule has 2 amide bonds. The van der Waals surface area contributed by atoms with Gasteiger partial charge in [0.05, 0.1) is 35.4 Å². The Balaban J connectivity index is 0.000000417. The van der Waals surface area contributed by atoms with Gasteiger partial charge in [-0.1, -0.05) is 47.5 Å². The molecular formula is C38H38ClFN6O8S2. The van der Waals surface area contributed by atoms with E-state index in [-0.39, 0.29) is 34.0 Å². The number of carbonyl (C=O) groups excluding carboxylic acids is 2. The Labute approximate surface area is 331 Å². The van der Waals surface area contributed by atoms with Crippen molar-refractivity contribution in [3.05, 3.63) is 122 Å². The van der Waals surface area contributed by atoms with Crippen LogP contribution in [0, 0.1) is 12.7 Å². The molecule has 1 aromatic heterocycles. The second-order valence-electron chi connectivity index (χ2n) is 13.2. The Hall–Kier alpha value is -5.20. The number of benzene rings is 3. The minimum absolute atomic E-state index is 0.0466. The second kappa shape index (κ2) is 17.3. The second-order valence-corrected chi connectivity index (χ2v) is 15.9. The lowest BCUT2D eigenvalue weighted by atomic mass is 9.94. The first-order chi connectivity index (χ1) is 26.7. The van der Waals surface area contributed by atoms with Crippen molar-refractivity contribution in [2.24, 2.45) is 4.99 Å². The van der Waals surface area contributed by atoms with Gasteiger partial charge in [-0.3, -0.25) is 19.1 Å². The van der Waals surface area contributed by atoms with Crippen LogP contribution in [0.2, 0.25) is 5.02 Å². The van der Waals surface area contributed by atoms with Crippen LogP contribution in [-0.2, 0) is 30.9 Å². The van der Waals surface area contributed by atoms with Crippen molar-refractivity contribution in [3.63, 3.8) is 0 Å². The van der Waals surface area contributed by atoms with Gasteiger partial charge in [-0.25, -0.2) is 24.0 Å². The van der Waals surface area contributed by atoms with Crippen LogP contribution in [0.4, 0.5) is 14.9 Å². The molecule has 14 nitrogen and oxygen atoms in total. The fourth-order valence-electron chi connectivity index (χ4n) is 6.63. The number of carbonyl (C=O) groups is 3.